The van der Waals surface area contributed by atoms with E-state index in [4.69, 9.17) is 9.84 Å². The SMILES string of the molecule is C=CC1=CCC2(C)C(=O)C(C)=C(C)C(=O)C2(C)C1c1ccc(OCCO)cc1. The van der Waals surface area contributed by atoms with Crippen molar-refractivity contribution >= 4 is 11.6 Å². The highest BCUT2D eigenvalue weighted by atomic mass is 16.5. The summed E-state index contributed by atoms with van der Waals surface area (Å²) < 4.78 is 5.46. The topological polar surface area (TPSA) is 63.6 Å². The molecule has 1 aromatic rings. The van der Waals surface area contributed by atoms with Gasteiger partial charge >= 0.3 is 0 Å². The predicted molar refractivity (Wildman–Crippen MR) is 109 cm³/mol. The van der Waals surface area contributed by atoms with Crippen LogP contribution in [0.3, 0.4) is 0 Å². The van der Waals surface area contributed by atoms with Gasteiger partial charge in [-0.3, -0.25) is 9.59 Å². The molecule has 1 aromatic carbocycles. The first-order valence-electron chi connectivity index (χ1n) is 9.65. The molecule has 148 valence electrons. The Bertz CT molecular complexity index is 890. The number of benzene rings is 1. The Balaban J connectivity index is 2.16. The van der Waals surface area contributed by atoms with Crippen LogP contribution in [0.1, 0.15) is 45.6 Å². The molecule has 0 amide bonds. The highest BCUT2D eigenvalue weighted by Crippen LogP contribution is 2.62. The van der Waals surface area contributed by atoms with Crippen molar-refractivity contribution in [2.75, 3.05) is 13.2 Å². The number of ketones is 2. The third-order valence-electron chi connectivity index (χ3n) is 6.83. The van der Waals surface area contributed by atoms with Crippen LogP contribution in [0.2, 0.25) is 0 Å². The summed E-state index contributed by atoms with van der Waals surface area (Å²) in [5, 5.41) is 8.93. The van der Waals surface area contributed by atoms with E-state index in [1.54, 1.807) is 19.9 Å². The van der Waals surface area contributed by atoms with Gasteiger partial charge in [0.1, 0.15) is 12.4 Å². The van der Waals surface area contributed by atoms with Gasteiger partial charge in [-0.2, -0.15) is 0 Å². The van der Waals surface area contributed by atoms with Gasteiger partial charge in [-0.15, -0.1) is 0 Å². The summed E-state index contributed by atoms with van der Waals surface area (Å²) in [6.45, 7) is 11.5. The third-order valence-corrected chi connectivity index (χ3v) is 6.83. The maximum absolute atomic E-state index is 13.6. The highest BCUT2D eigenvalue weighted by Gasteiger charge is 2.63. The number of fused-ring (bicyclic) bond motifs is 1. The lowest BCUT2D eigenvalue weighted by Crippen LogP contribution is -2.57. The molecule has 3 atom stereocenters. The molecule has 0 radical (unpaired) electrons. The largest absolute Gasteiger partial charge is 0.491 e. The Labute approximate surface area is 166 Å². The minimum Gasteiger partial charge on any atom is -0.491 e. The van der Waals surface area contributed by atoms with Crippen molar-refractivity contribution in [1.29, 1.82) is 0 Å². The Hall–Kier alpha value is -2.46. The molecule has 2 aliphatic carbocycles. The summed E-state index contributed by atoms with van der Waals surface area (Å²) in [5.74, 6) is 0.475. The van der Waals surface area contributed by atoms with Crippen LogP contribution in [0, 0.1) is 10.8 Å². The molecular weight excluding hydrogens is 352 g/mol. The van der Waals surface area contributed by atoms with Crippen LogP contribution < -0.4 is 4.74 Å². The number of aliphatic hydroxyl groups excluding tert-OH is 1. The van der Waals surface area contributed by atoms with Crippen LogP contribution in [-0.2, 0) is 9.59 Å². The van der Waals surface area contributed by atoms with Crippen molar-refractivity contribution in [3.8, 4) is 5.75 Å². The number of carbonyl (C=O) groups excluding carboxylic acids is 2. The summed E-state index contributed by atoms with van der Waals surface area (Å²) in [6.07, 6.45) is 4.37. The van der Waals surface area contributed by atoms with Gasteiger partial charge in [0, 0.05) is 11.3 Å². The molecule has 0 spiro atoms. The first-order valence-corrected chi connectivity index (χ1v) is 9.65. The van der Waals surface area contributed by atoms with Crippen LogP contribution in [-0.4, -0.2) is 29.9 Å². The molecule has 4 nitrogen and oxygen atoms in total. The van der Waals surface area contributed by atoms with Gasteiger partial charge in [0.25, 0.3) is 0 Å². The van der Waals surface area contributed by atoms with Crippen molar-refractivity contribution in [2.24, 2.45) is 10.8 Å². The van der Waals surface area contributed by atoms with Crippen LogP contribution in [0.25, 0.3) is 0 Å². The van der Waals surface area contributed by atoms with Gasteiger partial charge in [-0.05, 0) is 54.7 Å². The minimum absolute atomic E-state index is 0.0326. The molecule has 0 aromatic heterocycles. The molecule has 3 rings (SSSR count). The van der Waals surface area contributed by atoms with Crippen LogP contribution in [0.4, 0.5) is 0 Å². The van der Waals surface area contributed by atoms with Crippen molar-refractivity contribution < 1.29 is 19.4 Å². The van der Waals surface area contributed by atoms with E-state index in [-0.39, 0.29) is 30.7 Å². The first kappa shape index (κ1) is 20.3. The monoisotopic (exact) mass is 380 g/mol. The van der Waals surface area contributed by atoms with E-state index < -0.39 is 10.8 Å². The van der Waals surface area contributed by atoms with E-state index in [1.807, 2.05) is 38.1 Å². The summed E-state index contributed by atoms with van der Waals surface area (Å²) in [6, 6.07) is 7.54. The fraction of sp³-hybridized carbons (Fsp3) is 0.417. The quantitative estimate of drug-likeness (QED) is 0.833. The highest BCUT2D eigenvalue weighted by molar-refractivity contribution is 6.17. The number of aliphatic hydroxyl groups is 1. The third kappa shape index (κ3) is 2.70. The number of rotatable bonds is 5. The molecule has 28 heavy (non-hydrogen) atoms. The average molecular weight is 380 g/mol. The van der Waals surface area contributed by atoms with E-state index in [2.05, 4.69) is 12.7 Å². The molecule has 0 bridgehead atoms. The second kappa shape index (κ2) is 7.17. The van der Waals surface area contributed by atoms with Crippen LogP contribution >= 0.6 is 0 Å². The fourth-order valence-corrected chi connectivity index (χ4v) is 4.80. The number of hydrogen-bond acceptors (Lipinski definition) is 4. The number of hydrogen-bond donors (Lipinski definition) is 1. The van der Waals surface area contributed by atoms with Crippen molar-refractivity contribution in [1.82, 2.24) is 0 Å². The van der Waals surface area contributed by atoms with Gasteiger partial charge in [0.2, 0.25) is 0 Å². The molecule has 0 saturated heterocycles. The van der Waals surface area contributed by atoms with Crippen molar-refractivity contribution in [2.45, 2.75) is 40.0 Å². The lowest BCUT2D eigenvalue weighted by Gasteiger charge is -2.54. The molecule has 3 unspecified atom stereocenters. The smallest absolute Gasteiger partial charge is 0.166 e. The number of allylic oxidation sites excluding steroid dienone is 5. The van der Waals surface area contributed by atoms with Gasteiger partial charge in [0.05, 0.1) is 12.0 Å². The Morgan fingerprint density at radius 3 is 2.32 bits per heavy atom. The lowest BCUT2D eigenvalue weighted by molar-refractivity contribution is -0.147. The normalized spacial score (nSPS) is 30.0. The van der Waals surface area contributed by atoms with Crippen molar-refractivity contribution in [3.63, 3.8) is 0 Å². The maximum atomic E-state index is 13.6. The molecule has 0 heterocycles. The summed E-state index contributed by atoms with van der Waals surface area (Å²) >= 11 is 0. The number of ether oxygens (including phenoxy) is 1. The lowest BCUT2D eigenvalue weighted by atomic mass is 9.45. The van der Waals surface area contributed by atoms with Gasteiger partial charge in [0.15, 0.2) is 11.6 Å². The molecular formula is C24H28O4. The van der Waals surface area contributed by atoms with Crippen molar-refractivity contribution in [3.05, 3.63) is 65.3 Å². The second-order valence-electron chi connectivity index (χ2n) is 8.13. The Kier molecular flexibility index (Phi) is 5.20. The molecule has 0 aliphatic heterocycles. The van der Waals surface area contributed by atoms with Gasteiger partial charge < -0.3 is 9.84 Å². The van der Waals surface area contributed by atoms with E-state index in [1.165, 1.54) is 0 Å². The molecule has 2 aliphatic rings. The van der Waals surface area contributed by atoms with E-state index >= 15 is 0 Å². The molecule has 0 saturated carbocycles. The standard InChI is InChI=1S/C24H28O4/c1-6-17-11-12-23(4)21(26)15(2)16(3)22(27)24(23,5)20(17)18-7-9-19(10-8-18)28-14-13-25/h6-11,20,25H,1,12-14H2,2-5H3. The summed E-state index contributed by atoms with van der Waals surface area (Å²) in [7, 11) is 0. The zero-order valence-corrected chi connectivity index (χ0v) is 17.0. The predicted octanol–water partition coefficient (Wildman–Crippen LogP) is 4.16. The van der Waals surface area contributed by atoms with E-state index in [0.29, 0.717) is 23.3 Å². The number of carbonyl (C=O) groups is 2. The first-order chi connectivity index (χ1) is 13.2. The maximum Gasteiger partial charge on any atom is 0.166 e. The molecule has 4 heteroatoms. The zero-order chi connectivity index (χ0) is 20.7. The summed E-state index contributed by atoms with van der Waals surface area (Å²) in [5.41, 5.74) is 1.37. The Morgan fingerprint density at radius 2 is 1.75 bits per heavy atom. The van der Waals surface area contributed by atoms with Crippen LogP contribution in [0.15, 0.2) is 59.7 Å². The zero-order valence-electron chi connectivity index (χ0n) is 17.0. The van der Waals surface area contributed by atoms with E-state index in [9.17, 15) is 9.59 Å². The van der Waals surface area contributed by atoms with E-state index in [0.717, 1.165) is 11.1 Å². The Morgan fingerprint density at radius 1 is 1.14 bits per heavy atom. The minimum atomic E-state index is -0.889. The fourth-order valence-electron chi connectivity index (χ4n) is 4.80. The van der Waals surface area contributed by atoms with Crippen LogP contribution in [0.5, 0.6) is 5.75 Å². The second-order valence-corrected chi connectivity index (χ2v) is 8.13. The summed E-state index contributed by atoms with van der Waals surface area (Å²) in [4.78, 5) is 26.8. The number of Topliss-reactive ketones (excluding diaryl/α,β-unsaturated/α-hetero) is 2. The van der Waals surface area contributed by atoms with Gasteiger partial charge in [-0.1, -0.05) is 44.7 Å². The molecule has 1 N–H and O–H groups in total. The van der Waals surface area contributed by atoms with Gasteiger partial charge in [-0.25, -0.2) is 0 Å². The average Bonchev–Trinajstić information content (AvgIpc) is 2.71. The molecule has 0 fully saturated rings.